The number of halogens is 1. The van der Waals surface area contributed by atoms with Gasteiger partial charge in [-0.2, -0.15) is 5.10 Å². The molecule has 1 aliphatic rings. The van der Waals surface area contributed by atoms with E-state index >= 15 is 0 Å². The molecular weight excluding hydrogens is 586 g/mol. The Kier molecular flexibility index (Phi) is 6.35. The molecule has 37 heavy (non-hydrogen) atoms. The molecule has 0 radical (unpaired) electrons. The third-order valence-electron chi connectivity index (χ3n) is 6.75. The fraction of sp³-hybridized carbons (Fsp3) is 0.0645. The largest absolute Gasteiger partial charge is 0.317 e. The number of hydrogen-bond donors (Lipinski definition) is 0. The molecule has 0 spiro atoms. The zero-order valence-electron chi connectivity index (χ0n) is 20.7. The summed E-state index contributed by atoms with van der Waals surface area (Å²) in [7, 11) is -2.63. The first kappa shape index (κ1) is 24.0. The number of rotatable bonds is 4. The number of nitrogens with zero attached hydrogens (tertiary/aromatic N) is 4. The van der Waals surface area contributed by atoms with Gasteiger partial charge < -0.3 is 4.57 Å². The molecule has 1 aromatic heterocycles. The fourth-order valence-electron chi connectivity index (χ4n) is 5.13. The molecule has 2 heterocycles. The van der Waals surface area contributed by atoms with Gasteiger partial charge in [0.1, 0.15) is 7.21 Å². The molecule has 0 amide bonds. The number of anilines is 1. The Labute approximate surface area is 231 Å². The number of hydrogen-bond acceptors (Lipinski definition) is 2. The molecule has 0 saturated carbocycles. The molecule has 1 aliphatic heterocycles. The summed E-state index contributed by atoms with van der Waals surface area (Å²) in [6.45, 7) is 4.41. The van der Waals surface area contributed by atoms with Crippen molar-refractivity contribution < 1.29 is 0 Å². The molecular formula is C31H26IN4P. The lowest BCUT2D eigenvalue weighted by atomic mass is 10.2. The SMILES string of the molecule is Cc1c2c(c(C)n1-c1ccccc1)P(=Nc1ccc(I)cc1)(c1ccccc1)N(c1ccccc1)N=C2. The first-order chi connectivity index (χ1) is 18.1. The molecule has 0 N–H and O–H groups in total. The smallest absolute Gasteiger partial charge is 0.140 e. The molecule has 6 rings (SSSR count). The summed E-state index contributed by atoms with van der Waals surface area (Å²) in [4.78, 5) is 0. The van der Waals surface area contributed by atoms with Crippen molar-refractivity contribution in [1.82, 2.24) is 4.57 Å². The van der Waals surface area contributed by atoms with Gasteiger partial charge in [0.15, 0.2) is 0 Å². The monoisotopic (exact) mass is 612 g/mol. The van der Waals surface area contributed by atoms with Crippen molar-refractivity contribution in [2.45, 2.75) is 13.8 Å². The lowest BCUT2D eigenvalue weighted by molar-refractivity contribution is 0.968. The van der Waals surface area contributed by atoms with Crippen molar-refractivity contribution in [2.24, 2.45) is 9.85 Å². The van der Waals surface area contributed by atoms with Crippen molar-refractivity contribution in [3.05, 3.63) is 136 Å². The Morgan fingerprint density at radius 2 is 1.24 bits per heavy atom. The van der Waals surface area contributed by atoms with Crippen LogP contribution in [0.3, 0.4) is 0 Å². The number of para-hydroxylation sites is 2. The summed E-state index contributed by atoms with van der Waals surface area (Å²) in [5, 5.41) is 7.56. The summed E-state index contributed by atoms with van der Waals surface area (Å²) in [6, 6.07) is 40.2. The topological polar surface area (TPSA) is 32.9 Å². The summed E-state index contributed by atoms with van der Waals surface area (Å²) >= 11 is 2.35. The van der Waals surface area contributed by atoms with Crippen molar-refractivity contribution >= 4 is 58.0 Å². The van der Waals surface area contributed by atoms with Crippen LogP contribution < -0.4 is 15.4 Å². The van der Waals surface area contributed by atoms with Crippen LogP contribution in [0.1, 0.15) is 17.0 Å². The van der Waals surface area contributed by atoms with E-state index in [2.05, 4.69) is 155 Å². The molecule has 1 unspecified atom stereocenters. The quantitative estimate of drug-likeness (QED) is 0.150. The van der Waals surface area contributed by atoms with Crippen molar-refractivity contribution in [1.29, 1.82) is 0 Å². The summed E-state index contributed by atoms with van der Waals surface area (Å²) in [5.41, 5.74) is 6.64. The normalized spacial score (nSPS) is 16.5. The summed E-state index contributed by atoms with van der Waals surface area (Å²) in [5.74, 6) is 0. The van der Waals surface area contributed by atoms with Gasteiger partial charge in [-0.05, 0) is 85.0 Å². The van der Waals surface area contributed by atoms with Gasteiger partial charge in [-0.25, -0.2) is 9.52 Å². The Morgan fingerprint density at radius 1 is 0.676 bits per heavy atom. The van der Waals surface area contributed by atoms with Crippen molar-refractivity contribution in [3.63, 3.8) is 0 Å². The van der Waals surface area contributed by atoms with Gasteiger partial charge in [-0.3, -0.25) is 0 Å². The highest BCUT2D eigenvalue weighted by Gasteiger charge is 2.41. The Hall–Kier alpha value is -3.41. The summed E-state index contributed by atoms with van der Waals surface area (Å²) < 4.78 is 11.4. The molecule has 182 valence electrons. The van der Waals surface area contributed by atoms with Crippen LogP contribution in [0.4, 0.5) is 11.4 Å². The van der Waals surface area contributed by atoms with Crippen LogP contribution in [0, 0.1) is 17.4 Å². The highest BCUT2D eigenvalue weighted by atomic mass is 127. The van der Waals surface area contributed by atoms with E-state index in [1.54, 1.807) is 0 Å². The molecule has 0 bridgehead atoms. The van der Waals surface area contributed by atoms with Gasteiger partial charge in [0, 0.05) is 36.8 Å². The minimum atomic E-state index is -2.63. The van der Waals surface area contributed by atoms with Gasteiger partial charge >= 0.3 is 0 Å². The molecule has 0 fully saturated rings. The van der Waals surface area contributed by atoms with Crippen LogP contribution in [-0.4, -0.2) is 10.8 Å². The predicted molar refractivity (Wildman–Crippen MR) is 166 cm³/mol. The maximum absolute atomic E-state index is 5.68. The summed E-state index contributed by atoms with van der Waals surface area (Å²) in [6.07, 6.45) is 2.02. The fourth-order valence-corrected chi connectivity index (χ4v) is 9.29. The predicted octanol–water partition coefficient (Wildman–Crippen LogP) is 7.95. The minimum Gasteiger partial charge on any atom is -0.317 e. The second-order valence-electron chi connectivity index (χ2n) is 8.99. The van der Waals surface area contributed by atoms with Crippen LogP contribution in [0.2, 0.25) is 0 Å². The zero-order valence-corrected chi connectivity index (χ0v) is 23.7. The van der Waals surface area contributed by atoms with Crippen LogP contribution in [-0.2, 0) is 0 Å². The highest BCUT2D eigenvalue weighted by molar-refractivity contribution is 14.1. The second kappa shape index (κ2) is 9.81. The van der Waals surface area contributed by atoms with Gasteiger partial charge in [0.2, 0.25) is 0 Å². The molecule has 0 aliphatic carbocycles. The lowest BCUT2D eigenvalue weighted by Crippen LogP contribution is -2.34. The van der Waals surface area contributed by atoms with E-state index < -0.39 is 7.21 Å². The number of benzene rings is 4. The van der Waals surface area contributed by atoms with E-state index in [9.17, 15) is 0 Å². The van der Waals surface area contributed by atoms with E-state index in [1.807, 2.05) is 12.3 Å². The average Bonchev–Trinajstić information content (AvgIpc) is 3.21. The maximum Gasteiger partial charge on any atom is 0.140 e. The first-order valence-corrected chi connectivity index (χ1v) is 15.0. The van der Waals surface area contributed by atoms with Gasteiger partial charge in [0.25, 0.3) is 0 Å². The van der Waals surface area contributed by atoms with E-state index in [-0.39, 0.29) is 0 Å². The molecule has 1 atom stereocenters. The van der Waals surface area contributed by atoms with E-state index in [1.165, 1.54) is 25.6 Å². The molecule has 4 nitrogen and oxygen atoms in total. The Balaban J connectivity index is 1.77. The first-order valence-electron chi connectivity index (χ1n) is 12.2. The number of aromatic nitrogens is 1. The van der Waals surface area contributed by atoms with Crippen LogP contribution in [0.25, 0.3) is 5.69 Å². The minimum absolute atomic E-state index is 0.950. The standard InChI is InChI=1S/C31H26IN4P/c1-23-30-22-33-36(28-14-8-4-9-15-28)37(29-16-10-5-11-17-29,34-26-20-18-25(32)19-21-26)31(30)24(2)35(23)27-12-6-3-7-13-27/h3-22H,1-2H3. The van der Waals surface area contributed by atoms with E-state index in [0.717, 1.165) is 22.6 Å². The molecule has 4 aromatic carbocycles. The number of fused-ring (bicyclic) bond motifs is 1. The molecule has 0 saturated heterocycles. The van der Waals surface area contributed by atoms with Crippen LogP contribution in [0.5, 0.6) is 0 Å². The van der Waals surface area contributed by atoms with E-state index in [0.29, 0.717) is 0 Å². The average molecular weight is 612 g/mol. The van der Waals surface area contributed by atoms with Gasteiger partial charge in [-0.1, -0.05) is 66.7 Å². The lowest BCUT2D eigenvalue weighted by Gasteiger charge is -2.38. The Morgan fingerprint density at radius 3 is 1.86 bits per heavy atom. The highest BCUT2D eigenvalue weighted by Crippen LogP contribution is 2.58. The third kappa shape index (κ3) is 4.07. The number of hydrazone groups is 1. The third-order valence-corrected chi connectivity index (χ3v) is 11.1. The van der Waals surface area contributed by atoms with Gasteiger partial charge in [-0.15, -0.1) is 0 Å². The van der Waals surface area contributed by atoms with Gasteiger partial charge in [0.05, 0.1) is 17.6 Å². The molecule has 6 heteroatoms. The molecule has 5 aromatic rings. The Bertz CT molecular complexity index is 1640. The van der Waals surface area contributed by atoms with Crippen LogP contribution >= 0.6 is 29.8 Å². The van der Waals surface area contributed by atoms with Crippen molar-refractivity contribution in [3.8, 4) is 5.69 Å². The zero-order chi connectivity index (χ0) is 25.4. The van der Waals surface area contributed by atoms with Crippen molar-refractivity contribution in [2.75, 3.05) is 4.78 Å². The second-order valence-corrected chi connectivity index (χ2v) is 13.0. The van der Waals surface area contributed by atoms with E-state index in [4.69, 9.17) is 9.85 Å². The van der Waals surface area contributed by atoms with Crippen LogP contribution in [0.15, 0.2) is 125 Å². The maximum atomic E-state index is 5.68.